The molecule has 114 valence electrons. The summed E-state index contributed by atoms with van der Waals surface area (Å²) in [5.41, 5.74) is 0. The largest absolute Gasteiger partial charge is 0.544 e. The Balaban J connectivity index is 5.99. The van der Waals surface area contributed by atoms with Gasteiger partial charge in [0.2, 0.25) is 0 Å². The van der Waals surface area contributed by atoms with Gasteiger partial charge in [0.05, 0.1) is 0 Å². The fourth-order valence-corrected chi connectivity index (χ4v) is 0.701. The molecule has 2 nitrogen and oxygen atoms in total. The number of aliphatic carboxylic acids is 1. The fraction of sp³-hybridized carbons (Fsp3) is 0.833. The smallest absolute Gasteiger partial charge is 0.460 e. The molecule has 0 N–H and O–H groups in total. The van der Waals surface area contributed by atoms with E-state index in [4.69, 9.17) is 0 Å². The first-order chi connectivity index (χ1) is 7.94. The molecular formula is C6F11O2-. The van der Waals surface area contributed by atoms with E-state index < -0.39 is 35.8 Å². The topological polar surface area (TPSA) is 40.1 Å². The van der Waals surface area contributed by atoms with E-state index in [0.29, 0.717) is 0 Å². The Morgan fingerprint density at radius 1 is 0.632 bits per heavy atom. The number of rotatable bonds is 4. The van der Waals surface area contributed by atoms with E-state index in [2.05, 4.69) is 0 Å². The van der Waals surface area contributed by atoms with E-state index in [9.17, 15) is 58.2 Å². The molecule has 0 saturated carbocycles. The van der Waals surface area contributed by atoms with Crippen LogP contribution in [0.15, 0.2) is 0 Å². The monoisotopic (exact) mass is 313 g/mol. The molecule has 0 aliphatic carbocycles. The van der Waals surface area contributed by atoms with E-state index in [1.165, 1.54) is 0 Å². The average Bonchev–Trinajstić information content (AvgIpc) is 2.14. The van der Waals surface area contributed by atoms with Crippen LogP contribution in [-0.4, -0.2) is 35.8 Å². The highest BCUT2D eigenvalue weighted by molar-refractivity contribution is 5.75. The number of carbonyl (C=O) groups excluding carboxylic acids is 1. The SMILES string of the molecule is O=C([O-])C(F)(F)C(F)(F)C(F)(F)C(F)(F)C(F)(F)F. The molecule has 0 heterocycles. The van der Waals surface area contributed by atoms with Crippen LogP contribution >= 0.6 is 0 Å². The van der Waals surface area contributed by atoms with Crippen LogP contribution in [0, 0.1) is 0 Å². The zero-order valence-electron chi connectivity index (χ0n) is 7.97. The minimum absolute atomic E-state index is 4.24. The van der Waals surface area contributed by atoms with Crippen LogP contribution in [0.1, 0.15) is 0 Å². The van der Waals surface area contributed by atoms with Crippen molar-refractivity contribution in [3.63, 3.8) is 0 Å². The summed E-state index contributed by atoms with van der Waals surface area (Å²) in [7, 11) is 0. The third-order valence-electron chi connectivity index (χ3n) is 1.80. The molecule has 0 aliphatic heterocycles. The van der Waals surface area contributed by atoms with Crippen LogP contribution in [0.3, 0.4) is 0 Å². The van der Waals surface area contributed by atoms with Crippen LogP contribution < -0.4 is 5.11 Å². The van der Waals surface area contributed by atoms with Gasteiger partial charge in [0.15, 0.2) is 0 Å². The van der Waals surface area contributed by atoms with E-state index in [-0.39, 0.29) is 0 Å². The zero-order valence-corrected chi connectivity index (χ0v) is 7.97. The van der Waals surface area contributed by atoms with Gasteiger partial charge in [-0.15, -0.1) is 0 Å². The minimum atomic E-state index is -7.72. The lowest BCUT2D eigenvalue weighted by Crippen LogP contribution is -2.69. The highest BCUT2D eigenvalue weighted by Crippen LogP contribution is 2.57. The molecule has 13 heteroatoms. The summed E-state index contributed by atoms with van der Waals surface area (Å²) >= 11 is 0. The van der Waals surface area contributed by atoms with Crippen molar-refractivity contribution in [1.82, 2.24) is 0 Å². The predicted molar refractivity (Wildman–Crippen MR) is 30.9 cm³/mol. The van der Waals surface area contributed by atoms with Gasteiger partial charge in [-0.05, 0) is 0 Å². The molecule has 0 spiro atoms. The van der Waals surface area contributed by atoms with Gasteiger partial charge in [0, 0.05) is 0 Å². The standard InChI is InChI=1S/C6HF11O2/c7-2(8,1(18)19)3(9,10)4(11,12)5(13,14)6(15,16)17/h(H,18,19)/p-1. The number of carboxylic acids is 1. The van der Waals surface area contributed by atoms with Crippen LogP contribution in [0.5, 0.6) is 0 Å². The van der Waals surface area contributed by atoms with Crippen molar-refractivity contribution < 1.29 is 58.2 Å². The highest BCUT2D eigenvalue weighted by Gasteiger charge is 2.87. The van der Waals surface area contributed by atoms with Crippen molar-refractivity contribution in [3.8, 4) is 0 Å². The molecule has 0 saturated heterocycles. The number of alkyl halides is 11. The van der Waals surface area contributed by atoms with E-state index in [0.717, 1.165) is 0 Å². The van der Waals surface area contributed by atoms with Gasteiger partial charge in [-0.1, -0.05) is 0 Å². The Morgan fingerprint density at radius 3 is 1.16 bits per heavy atom. The summed E-state index contributed by atoms with van der Waals surface area (Å²) in [4.78, 5) is 9.49. The lowest BCUT2D eigenvalue weighted by Gasteiger charge is -2.37. The third kappa shape index (κ3) is 2.18. The molecular weight excluding hydrogens is 313 g/mol. The molecule has 0 aromatic carbocycles. The van der Waals surface area contributed by atoms with Crippen molar-refractivity contribution in [3.05, 3.63) is 0 Å². The van der Waals surface area contributed by atoms with Crippen LogP contribution in [0.2, 0.25) is 0 Å². The van der Waals surface area contributed by atoms with Gasteiger partial charge in [-0.3, -0.25) is 0 Å². The molecule has 0 unspecified atom stereocenters. The van der Waals surface area contributed by atoms with Gasteiger partial charge in [-0.25, -0.2) is 0 Å². The molecule has 0 radical (unpaired) electrons. The molecule has 19 heavy (non-hydrogen) atoms. The summed E-state index contributed by atoms with van der Waals surface area (Å²) in [5.74, 6) is -34.1. The van der Waals surface area contributed by atoms with Crippen molar-refractivity contribution in [2.45, 2.75) is 29.9 Å². The van der Waals surface area contributed by atoms with Gasteiger partial charge in [0.1, 0.15) is 5.97 Å². The first-order valence-corrected chi connectivity index (χ1v) is 3.74. The predicted octanol–water partition coefficient (Wildman–Crippen LogP) is 1.84. The zero-order chi connectivity index (χ0) is 16.1. The molecule has 0 amide bonds. The maximum absolute atomic E-state index is 12.4. The minimum Gasteiger partial charge on any atom is -0.544 e. The Labute approximate surface area is 95.3 Å². The maximum Gasteiger partial charge on any atom is 0.460 e. The molecule has 0 aromatic rings. The maximum atomic E-state index is 12.4. The van der Waals surface area contributed by atoms with Gasteiger partial charge >= 0.3 is 29.9 Å². The number of carbonyl (C=O) groups is 1. The third-order valence-corrected chi connectivity index (χ3v) is 1.80. The molecule has 0 fully saturated rings. The second-order valence-corrected chi connectivity index (χ2v) is 3.08. The van der Waals surface area contributed by atoms with Crippen molar-refractivity contribution in [2.75, 3.05) is 0 Å². The lowest BCUT2D eigenvalue weighted by atomic mass is 9.98. The number of hydrogen-bond donors (Lipinski definition) is 0. The second kappa shape index (κ2) is 4.10. The quantitative estimate of drug-likeness (QED) is 0.743. The van der Waals surface area contributed by atoms with E-state index in [1.807, 2.05) is 0 Å². The number of carboxylic acid groups (broad SMARTS) is 1. The van der Waals surface area contributed by atoms with Crippen LogP contribution in [0.4, 0.5) is 48.3 Å². The number of halogens is 11. The first kappa shape index (κ1) is 17.7. The molecule has 0 rings (SSSR count). The van der Waals surface area contributed by atoms with Crippen molar-refractivity contribution >= 4 is 5.97 Å². The Hall–Kier alpha value is -1.30. The highest BCUT2D eigenvalue weighted by atomic mass is 19.4. The molecule has 0 aromatic heterocycles. The van der Waals surface area contributed by atoms with Gasteiger partial charge < -0.3 is 9.90 Å². The molecule has 0 bridgehead atoms. The first-order valence-electron chi connectivity index (χ1n) is 3.74. The summed E-state index contributed by atoms with van der Waals surface area (Å²) in [6.45, 7) is 0. The lowest BCUT2D eigenvalue weighted by molar-refractivity contribution is -0.429. The van der Waals surface area contributed by atoms with Crippen molar-refractivity contribution in [2.24, 2.45) is 0 Å². The van der Waals surface area contributed by atoms with Crippen LogP contribution in [0.25, 0.3) is 0 Å². The Bertz CT molecular complexity index is 368. The van der Waals surface area contributed by atoms with E-state index >= 15 is 0 Å². The molecule has 0 aliphatic rings. The van der Waals surface area contributed by atoms with Crippen molar-refractivity contribution in [1.29, 1.82) is 0 Å². The second-order valence-electron chi connectivity index (χ2n) is 3.08. The van der Waals surface area contributed by atoms with Gasteiger partial charge in [-0.2, -0.15) is 48.3 Å². The average molecular weight is 313 g/mol. The summed E-state index contributed by atoms with van der Waals surface area (Å²) in [6, 6.07) is 0. The summed E-state index contributed by atoms with van der Waals surface area (Å²) < 4.78 is 132. The summed E-state index contributed by atoms with van der Waals surface area (Å²) in [5, 5.41) is 9.49. The van der Waals surface area contributed by atoms with Crippen LogP contribution in [-0.2, 0) is 4.79 Å². The summed E-state index contributed by atoms with van der Waals surface area (Å²) in [6.07, 6.45) is -7.32. The van der Waals surface area contributed by atoms with Gasteiger partial charge in [0.25, 0.3) is 0 Å². The number of hydrogen-bond acceptors (Lipinski definition) is 2. The fourth-order valence-electron chi connectivity index (χ4n) is 0.701. The Morgan fingerprint density at radius 2 is 0.947 bits per heavy atom. The molecule has 0 atom stereocenters. The Kier molecular flexibility index (Phi) is 3.82. The normalized spacial score (nSPS) is 15.5. The van der Waals surface area contributed by atoms with E-state index in [1.54, 1.807) is 0 Å².